The Labute approximate surface area is 141 Å². The number of amides is 1. The molecule has 6 nitrogen and oxygen atoms in total. The molecule has 3 aromatic rings. The Morgan fingerprint density at radius 3 is 2.79 bits per heavy atom. The van der Waals surface area contributed by atoms with E-state index in [1.165, 1.54) is 11.1 Å². The predicted molar refractivity (Wildman–Crippen MR) is 92.8 cm³/mol. The van der Waals surface area contributed by atoms with E-state index >= 15 is 0 Å². The van der Waals surface area contributed by atoms with E-state index in [2.05, 4.69) is 40.6 Å². The van der Waals surface area contributed by atoms with Gasteiger partial charge in [0.15, 0.2) is 5.82 Å². The van der Waals surface area contributed by atoms with Crippen LogP contribution in [-0.4, -0.2) is 25.5 Å². The molecule has 0 aliphatic heterocycles. The number of aryl methyl sites for hydroxylation is 2. The Bertz CT molecular complexity index is 848. The van der Waals surface area contributed by atoms with Crippen molar-refractivity contribution in [1.29, 1.82) is 0 Å². The number of nitrogens with one attached hydrogen (secondary N) is 1. The zero-order valence-corrected chi connectivity index (χ0v) is 14.1. The monoisotopic (exact) mass is 323 g/mol. The van der Waals surface area contributed by atoms with E-state index in [-0.39, 0.29) is 11.9 Å². The number of hydrogen-bond donors (Lipinski definition) is 1. The first kappa shape index (κ1) is 16.0. The van der Waals surface area contributed by atoms with Crippen molar-refractivity contribution in [1.82, 2.24) is 19.6 Å². The van der Waals surface area contributed by atoms with E-state index in [1.807, 2.05) is 37.0 Å². The number of hydrogen-bond acceptors (Lipinski definition) is 3. The summed E-state index contributed by atoms with van der Waals surface area (Å²) >= 11 is 0. The Kier molecular flexibility index (Phi) is 4.46. The van der Waals surface area contributed by atoms with Gasteiger partial charge in [0.25, 0.3) is 0 Å². The van der Waals surface area contributed by atoms with Crippen molar-refractivity contribution in [3.05, 3.63) is 65.6 Å². The molecule has 24 heavy (non-hydrogen) atoms. The fourth-order valence-electron chi connectivity index (χ4n) is 2.51. The van der Waals surface area contributed by atoms with Crippen LogP contribution < -0.4 is 5.32 Å². The Morgan fingerprint density at radius 1 is 1.25 bits per heavy atom. The maximum Gasteiger partial charge on any atom is 0.250 e. The van der Waals surface area contributed by atoms with Crippen molar-refractivity contribution in [3.63, 3.8) is 0 Å². The van der Waals surface area contributed by atoms with E-state index in [9.17, 15) is 4.79 Å². The summed E-state index contributed by atoms with van der Waals surface area (Å²) in [7, 11) is 0. The van der Waals surface area contributed by atoms with Crippen LogP contribution in [0.4, 0.5) is 5.82 Å². The van der Waals surface area contributed by atoms with Crippen LogP contribution in [0.5, 0.6) is 0 Å². The van der Waals surface area contributed by atoms with Gasteiger partial charge in [0.2, 0.25) is 5.91 Å². The zero-order valence-electron chi connectivity index (χ0n) is 14.1. The van der Waals surface area contributed by atoms with Crippen LogP contribution in [0, 0.1) is 13.8 Å². The van der Waals surface area contributed by atoms with Crippen LogP contribution in [0.1, 0.15) is 29.7 Å². The molecule has 3 rings (SSSR count). The first-order valence-electron chi connectivity index (χ1n) is 7.92. The lowest BCUT2D eigenvalue weighted by molar-refractivity contribution is -0.119. The second-order valence-electron chi connectivity index (χ2n) is 6.05. The Morgan fingerprint density at radius 2 is 2.08 bits per heavy atom. The SMILES string of the molecule is Cc1cccc(Cn2ccc(NC(=O)C(C)n3cc(C)cn3)n2)c1. The maximum atomic E-state index is 12.3. The van der Waals surface area contributed by atoms with Crippen LogP contribution in [0.15, 0.2) is 48.9 Å². The standard InChI is InChI=1S/C18H21N5O/c1-13-5-4-6-16(9-13)12-22-8-7-17(21-22)20-18(24)15(3)23-11-14(2)10-19-23/h4-11,15H,12H2,1-3H3,(H,20,21,24). The fraction of sp³-hybridized carbons (Fsp3) is 0.278. The minimum Gasteiger partial charge on any atom is -0.307 e. The predicted octanol–water partition coefficient (Wildman–Crippen LogP) is 2.94. The first-order chi connectivity index (χ1) is 11.5. The third-order valence-corrected chi connectivity index (χ3v) is 3.83. The number of rotatable bonds is 5. The molecule has 1 unspecified atom stereocenters. The quantitative estimate of drug-likeness (QED) is 0.785. The first-order valence-corrected chi connectivity index (χ1v) is 7.92. The molecule has 124 valence electrons. The van der Waals surface area contributed by atoms with Crippen LogP contribution in [0.25, 0.3) is 0 Å². The summed E-state index contributed by atoms with van der Waals surface area (Å²) in [6.07, 6.45) is 5.45. The number of anilines is 1. The number of nitrogens with zero attached hydrogens (tertiary/aromatic N) is 4. The van der Waals surface area contributed by atoms with Gasteiger partial charge in [-0.05, 0) is 31.9 Å². The van der Waals surface area contributed by atoms with Gasteiger partial charge in [-0.15, -0.1) is 0 Å². The van der Waals surface area contributed by atoms with Gasteiger partial charge >= 0.3 is 0 Å². The lowest BCUT2D eigenvalue weighted by Crippen LogP contribution is -2.24. The summed E-state index contributed by atoms with van der Waals surface area (Å²) < 4.78 is 3.46. The largest absolute Gasteiger partial charge is 0.307 e. The molecule has 6 heteroatoms. The average molecular weight is 323 g/mol. The van der Waals surface area contributed by atoms with Gasteiger partial charge in [-0.3, -0.25) is 14.2 Å². The number of benzene rings is 1. The van der Waals surface area contributed by atoms with Crippen LogP contribution >= 0.6 is 0 Å². The topological polar surface area (TPSA) is 64.7 Å². The summed E-state index contributed by atoms with van der Waals surface area (Å²) in [5.74, 6) is 0.405. The second kappa shape index (κ2) is 6.70. The highest BCUT2D eigenvalue weighted by Crippen LogP contribution is 2.12. The highest BCUT2D eigenvalue weighted by atomic mass is 16.2. The van der Waals surface area contributed by atoms with Crippen LogP contribution in [0.3, 0.4) is 0 Å². The summed E-state index contributed by atoms with van der Waals surface area (Å²) in [5, 5.41) is 11.4. The van der Waals surface area contributed by atoms with Gasteiger partial charge in [0, 0.05) is 18.5 Å². The molecule has 0 spiro atoms. The minimum atomic E-state index is -0.388. The van der Waals surface area contributed by atoms with Crippen molar-refractivity contribution in [2.24, 2.45) is 0 Å². The Hall–Kier alpha value is -2.89. The van der Waals surface area contributed by atoms with Crippen molar-refractivity contribution >= 4 is 11.7 Å². The molecule has 0 radical (unpaired) electrons. The van der Waals surface area contributed by atoms with Crippen molar-refractivity contribution < 1.29 is 4.79 Å². The minimum absolute atomic E-state index is 0.140. The van der Waals surface area contributed by atoms with E-state index in [1.54, 1.807) is 16.9 Å². The molecule has 2 heterocycles. The van der Waals surface area contributed by atoms with E-state index in [0.29, 0.717) is 12.4 Å². The smallest absolute Gasteiger partial charge is 0.250 e. The number of carbonyl (C=O) groups is 1. The van der Waals surface area contributed by atoms with Crippen LogP contribution in [0.2, 0.25) is 0 Å². The molecule has 0 saturated carbocycles. The molecule has 1 amide bonds. The molecule has 1 N–H and O–H groups in total. The normalized spacial score (nSPS) is 12.1. The van der Waals surface area contributed by atoms with Gasteiger partial charge in [0.05, 0.1) is 12.7 Å². The molecular formula is C18H21N5O. The molecule has 0 fully saturated rings. The van der Waals surface area contributed by atoms with E-state index < -0.39 is 0 Å². The van der Waals surface area contributed by atoms with Crippen molar-refractivity contribution in [2.75, 3.05) is 5.32 Å². The fourth-order valence-corrected chi connectivity index (χ4v) is 2.51. The summed E-state index contributed by atoms with van der Waals surface area (Å²) in [4.78, 5) is 12.3. The number of carbonyl (C=O) groups excluding carboxylic acids is 1. The molecule has 1 atom stereocenters. The molecule has 2 aromatic heterocycles. The van der Waals surface area contributed by atoms with Crippen molar-refractivity contribution in [3.8, 4) is 0 Å². The third-order valence-electron chi connectivity index (χ3n) is 3.83. The van der Waals surface area contributed by atoms with Gasteiger partial charge < -0.3 is 5.32 Å². The van der Waals surface area contributed by atoms with Crippen LogP contribution in [-0.2, 0) is 11.3 Å². The van der Waals surface area contributed by atoms with Gasteiger partial charge in [-0.25, -0.2) is 0 Å². The zero-order chi connectivity index (χ0) is 17.1. The molecule has 0 aliphatic rings. The Balaban J connectivity index is 1.64. The third kappa shape index (κ3) is 3.71. The molecular weight excluding hydrogens is 302 g/mol. The molecule has 0 aliphatic carbocycles. The highest BCUT2D eigenvalue weighted by molar-refractivity contribution is 5.92. The molecule has 0 bridgehead atoms. The second-order valence-corrected chi connectivity index (χ2v) is 6.05. The number of aromatic nitrogens is 4. The lowest BCUT2D eigenvalue weighted by Gasteiger charge is -2.11. The van der Waals surface area contributed by atoms with Gasteiger partial charge in [-0.2, -0.15) is 10.2 Å². The molecule has 0 saturated heterocycles. The molecule has 1 aromatic carbocycles. The van der Waals surface area contributed by atoms with E-state index in [4.69, 9.17) is 0 Å². The van der Waals surface area contributed by atoms with E-state index in [0.717, 1.165) is 5.56 Å². The summed E-state index contributed by atoms with van der Waals surface area (Å²) in [5.41, 5.74) is 3.42. The lowest BCUT2D eigenvalue weighted by atomic mass is 10.1. The summed E-state index contributed by atoms with van der Waals surface area (Å²) in [6, 6.07) is 9.70. The van der Waals surface area contributed by atoms with Crippen molar-refractivity contribution in [2.45, 2.75) is 33.4 Å². The average Bonchev–Trinajstić information content (AvgIpc) is 3.16. The highest BCUT2D eigenvalue weighted by Gasteiger charge is 2.16. The van der Waals surface area contributed by atoms with Gasteiger partial charge in [0.1, 0.15) is 6.04 Å². The van der Waals surface area contributed by atoms with Gasteiger partial charge in [-0.1, -0.05) is 29.8 Å². The maximum absolute atomic E-state index is 12.3. The summed E-state index contributed by atoms with van der Waals surface area (Å²) in [6.45, 7) is 6.49.